The van der Waals surface area contributed by atoms with Gasteiger partial charge >= 0.3 is 0 Å². The van der Waals surface area contributed by atoms with E-state index >= 15 is 0 Å². The van der Waals surface area contributed by atoms with Crippen LogP contribution in [0.3, 0.4) is 0 Å². The van der Waals surface area contributed by atoms with Crippen molar-refractivity contribution in [1.82, 2.24) is 9.58 Å². The Morgan fingerprint density at radius 2 is 2.23 bits per heavy atom. The second-order valence-electron chi connectivity index (χ2n) is 5.39. The molecule has 0 aliphatic heterocycles. The predicted molar refractivity (Wildman–Crippen MR) is 108 cm³/mol. The number of nitrogens with two attached hydrogens (primary N) is 1. The average Bonchev–Trinajstić information content (AvgIpc) is 2.64. The van der Waals surface area contributed by atoms with Crippen LogP contribution in [0.4, 0.5) is 5.69 Å². The summed E-state index contributed by atoms with van der Waals surface area (Å²) in [4.78, 5) is 15.5. The number of rotatable bonds is 9. The van der Waals surface area contributed by atoms with Crippen molar-refractivity contribution < 1.29 is 9.53 Å². The Hall–Kier alpha value is -2.32. The van der Waals surface area contributed by atoms with Crippen molar-refractivity contribution in [3.63, 3.8) is 0 Å². The van der Waals surface area contributed by atoms with Crippen LogP contribution < -0.4 is 11.2 Å². The van der Waals surface area contributed by atoms with Crippen molar-refractivity contribution in [2.75, 3.05) is 38.8 Å². The number of likely N-dealkylation sites (N-methyl/N-ethyl adjacent to an activating group) is 1. The number of allylic oxidation sites excluding steroid dienone is 4. The first-order valence-corrected chi connectivity index (χ1v) is 9.43. The largest absolute Gasteiger partial charge is 0.396 e. The Kier molecular flexibility index (Phi) is 9.46. The monoisotopic (exact) mass is 377 g/mol. The zero-order valence-corrected chi connectivity index (χ0v) is 16.5. The summed E-state index contributed by atoms with van der Waals surface area (Å²) >= 11 is 1.66. The highest BCUT2D eigenvalue weighted by atomic mass is 32.2. The first-order chi connectivity index (χ1) is 12.4. The number of nitrogen functional groups attached to an aromatic ring is 1. The molecule has 1 heterocycles. The first-order valence-electron chi connectivity index (χ1n) is 8.21. The molecule has 1 amide bonds. The molecule has 7 nitrogen and oxygen atoms in total. The van der Waals surface area contributed by atoms with Crippen LogP contribution in [-0.4, -0.2) is 54.8 Å². The molecule has 0 unspecified atom stereocenters. The van der Waals surface area contributed by atoms with Gasteiger partial charge in [0.2, 0.25) is 0 Å². The topological polar surface area (TPSA) is 96.7 Å². The fourth-order valence-corrected chi connectivity index (χ4v) is 2.23. The molecule has 26 heavy (non-hydrogen) atoms. The van der Waals surface area contributed by atoms with Crippen molar-refractivity contribution >= 4 is 29.6 Å². The number of ether oxygens (including phenoxy) is 1. The van der Waals surface area contributed by atoms with E-state index in [-0.39, 0.29) is 17.1 Å². The Balaban J connectivity index is 3.05. The van der Waals surface area contributed by atoms with Gasteiger partial charge in [-0.1, -0.05) is 12.2 Å². The van der Waals surface area contributed by atoms with E-state index in [9.17, 15) is 4.79 Å². The van der Waals surface area contributed by atoms with E-state index in [4.69, 9.17) is 15.9 Å². The number of aromatic nitrogens is 1. The van der Waals surface area contributed by atoms with Gasteiger partial charge < -0.3 is 15.4 Å². The lowest BCUT2D eigenvalue weighted by Gasteiger charge is -2.20. The number of hydrogen-bond acceptors (Lipinski definition) is 6. The molecule has 3 N–H and O–H groups in total. The molecule has 8 heteroatoms. The fourth-order valence-electron chi connectivity index (χ4n) is 2.02. The van der Waals surface area contributed by atoms with Gasteiger partial charge in [0, 0.05) is 32.6 Å². The summed E-state index contributed by atoms with van der Waals surface area (Å²) in [7, 11) is 1.59. The molecule has 1 aromatic rings. The molecule has 1 aromatic heterocycles. The number of nitrogens with zero attached hydrogens (tertiary/aromatic N) is 3. The number of nitrogens with one attached hydrogen (secondary N) is 1. The molecule has 0 radical (unpaired) electrons. The van der Waals surface area contributed by atoms with Crippen LogP contribution in [0.15, 0.2) is 40.5 Å². The van der Waals surface area contributed by atoms with Crippen LogP contribution in [0.5, 0.6) is 0 Å². The second-order valence-corrected chi connectivity index (χ2v) is 6.44. The van der Waals surface area contributed by atoms with Gasteiger partial charge in [0.25, 0.3) is 5.91 Å². The van der Waals surface area contributed by atoms with Crippen LogP contribution in [-0.2, 0) is 4.74 Å². The van der Waals surface area contributed by atoms with E-state index in [2.05, 4.69) is 5.10 Å². The minimum absolute atomic E-state index is 0.0296. The van der Waals surface area contributed by atoms with Crippen molar-refractivity contribution in [2.45, 2.75) is 13.8 Å². The fraction of sp³-hybridized carbons (Fsp3) is 0.389. The summed E-state index contributed by atoms with van der Waals surface area (Å²) in [6.45, 7) is 5.41. The van der Waals surface area contributed by atoms with Gasteiger partial charge in [0.05, 0.1) is 17.9 Å². The van der Waals surface area contributed by atoms with Crippen LogP contribution in [0.2, 0.25) is 0 Å². The third kappa shape index (κ3) is 6.53. The molecular weight excluding hydrogens is 350 g/mol. The average molecular weight is 378 g/mol. The van der Waals surface area contributed by atoms with Gasteiger partial charge in [-0.25, -0.2) is 4.68 Å². The minimum Gasteiger partial charge on any atom is -0.396 e. The van der Waals surface area contributed by atoms with Crippen LogP contribution in [0.1, 0.15) is 24.2 Å². The highest BCUT2D eigenvalue weighted by Crippen LogP contribution is 2.09. The van der Waals surface area contributed by atoms with Crippen molar-refractivity contribution in [1.29, 1.82) is 5.41 Å². The van der Waals surface area contributed by atoms with Crippen LogP contribution in [0.25, 0.3) is 0 Å². The molecule has 0 fully saturated rings. The Morgan fingerprint density at radius 1 is 1.50 bits per heavy atom. The maximum absolute atomic E-state index is 12.6. The molecule has 142 valence electrons. The summed E-state index contributed by atoms with van der Waals surface area (Å²) in [5.74, 6) is -0.172. The number of thioether (sulfide) groups is 1. The van der Waals surface area contributed by atoms with Crippen molar-refractivity contribution in [2.24, 2.45) is 5.10 Å². The van der Waals surface area contributed by atoms with E-state index in [1.807, 2.05) is 32.3 Å². The lowest BCUT2D eigenvalue weighted by molar-refractivity contribution is 0.0705. The number of anilines is 1. The lowest BCUT2D eigenvalue weighted by atomic mass is 10.2. The van der Waals surface area contributed by atoms with E-state index < -0.39 is 0 Å². The van der Waals surface area contributed by atoms with E-state index in [0.29, 0.717) is 25.3 Å². The van der Waals surface area contributed by atoms with Gasteiger partial charge in [-0.15, -0.1) is 11.8 Å². The molecule has 0 spiro atoms. The molecule has 0 saturated carbocycles. The quantitative estimate of drug-likeness (QED) is 0.510. The van der Waals surface area contributed by atoms with Crippen molar-refractivity contribution in [3.05, 3.63) is 46.4 Å². The Labute approximate surface area is 158 Å². The highest BCUT2D eigenvalue weighted by molar-refractivity contribution is 8.02. The Bertz CT molecular complexity index is 752. The SMILES string of the molecule is CCN(CCOC)C(=O)c1cc(N)c(=N)n(/N=C/C=C/C=C(/C)SC)c1. The molecule has 0 aliphatic rings. The summed E-state index contributed by atoms with van der Waals surface area (Å²) < 4.78 is 6.33. The normalized spacial score (nSPS) is 12.2. The van der Waals surface area contributed by atoms with Gasteiger partial charge in [-0.2, -0.15) is 5.10 Å². The molecule has 0 saturated heterocycles. The zero-order valence-electron chi connectivity index (χ0n) is 15.7. The molecule has 0 bridgehead atoms. The van der Waals surface area contributed by atoms with Crippen LogP contribution >= 0.6 is 11.8 Å². The number of carbonyl (C=O) groups is 1. The smallest absolute Gasteiger partial charge is 0.255 e. The van der Waals surface area contributed by atoms with Crippen molar-refractivity contribution in [3.8, 4) is 0 Å². The minimum atomic E-state index is -0.172. The number of carbonyl (C=O) groups excluding carboxylic acids is 1. The summed E-state index contributed by atoms with van der Waals surface area (Å²) in [6.07, 6.45) is 10.7. The number of hydrogen-bond donors (Lipinski definition) is 2. The molecule has 0 atom stereocenters. The Morgan fingerprint density at radius 3 is 2.85 bits per heavy atom. The van der Waals surface area contributed by atoms with E-state index in [0.717, 1.165) is 0 Å². The number of pyridine rings is 1. The van der Waals surface area contributed by atoms with Gasteiger partial charge in [0.15, 0.2) is 5.49 Å². The van der Waals surface area contributed by atoms with Gasteiger partial charge in [0.1, 0.15) is 0 Å². The maximum Gasteiger partial charge on any atom is 0.255 e. The summed E-state index contributed by atoms with van der Waals surface area (Å²) in [5, 5.41) is 12.2. The third-order valence-corrected chi connectivity index (χ3v) is 4.38. The molecule has 0 aliphatic carbocycles. The zero-order chi connectivity index (χ0) is 19.5. The lowest BCUT2D eigenvalue weighted by Crippen LogP contribution is -2.34. The third-order valence-electron chi connectivity index (χ3n) is 3.60. The molecule has 0 aromatic carbocycles. The predicted octanol–water partition coefficient (Wildman–Crippen LogP) is 2.32. The second kappa shape index (κ2) is 11.3. The molecule has 1 rings (SSSR count). The maximum atomic E-state index is 12.6. The molecular formula is C18H27N5O2S. The summed E-state index contributed by atoms with van der Waals surface area (Å²) in [6, 6.07) is 1.51. The highest BCUT2D eigenvalue weighted by Gasteiger charge is 2.15. The van der Waals surface area contributed by atoms with E-state index in [1.165, 1.54) is 21.8 Å². The first kappa shape index (κ1) is 21.7. The van der Waals surface area contributed by atoms with Gasteiger partial charge in [-0.05, 0) is 37.2 Å². The standard InChI is InChI=1S/C18H27N5O2S/c1-5-22(10-11-25-3)18(24)15-12-16(19)17(20)23(13-15)21-9-7-6-8-14(2)26-4/h6-9,12-13,20H,5,10-11,19H2,1-4H3/b7-6+,14-8-,20-17?,21-9+. The van der Waals surface area contributed by atoms with E-state index in [1.54, 1.807) is 36.1 Å². The van der Waals surface area contributed by atoms with Gasteiger partial charge in [-0.3, -0.25) is 10.2 Å². The number of methoxy groups -OCH3 is 1. The summed E-state index contributed by atoms with van der Waals surface area (Å²) in [5.41, 5.74) is 6.49. The number of amides is 1. The van der Waals surface area contributed by atoms with Crippen LogP contribution in [0, 0.1) is 5.41 Å².